The maximum Gasteiger partial charge on any atom is 0.451 e. The molecular formula is C13H9F5N6O. The molecule has 3 aromatic rings. The Balaban J connectivity index is 1.79. The molecule has 0 unspecified atom stereocenters. The van der Waals surface area contributed by atoms with E-state index in [0.717, 1.165) is 6.20 Å². The molecule has 0 fully saturated rings. The summed E-state index contributed by atoms with van der Waals surface area (Å²) in [7, 11) is 0. The van der Waals surface area contributed by atoms with Gasteiger partial charge in [-0.15, -0.1) is 0 Å². The summed E-state index contributed by atoms with van der Waals surface area (Å²) in [5.41, 5.74) is 0.436. The van der Waals surface area contributed by atoms with E-state index in [1.807, 2.05) is 0 Å². The van der Waals surface area contributed by atoms with Crippen LogP contribution in [0.25, 0.3) is 11.2 Å². The van der Waals surface area contributed by atoms with Gasteiger partial charge in [0.05, 0.1) is 24.8 Å². The minimum Gasteiger partial charge on any atom is -0.433 e. The van der Waals surface area contributed by atoms with E-state index in [-0.39, 0.29) is 29.3 Å². The fourth-order valence-corrected chi connectivity index (χ4v) is 1.95. The zero-order chi connectivity index (χ0) is 18.0. The Bertz CT molecular complexity index is 863. The van der Waals surface area contributed by atoms with Crippen molar-refractivity contribution < 1.29 is 26.7 Å². The van der Waals surface area contributed by atoms with Gasteiger partial charge in [0.15, 0.2) is 11.5 Å². The van der Waals surface area contributed by atoms with Gasteiger partial charge in [-0.3, -0.25) is 4.98 Å². The number of anilines is 1. The van der Waals surface area contributed by atoms with Gasteiger partial charge in [0.25, 0.3) is 0 Å². The number of aromatic nitrogens is 5. The van der Waals surface area contributed by atoms with Crippen LogP contribution in [0.1, 0.15) is 11.5 Å². The van der Waals surface area contributed by atoms with Crippen molar-refractivity contribution in [3.05, 3.63) is 36.2 Å². The Labute approximate surface area is 136 Å². The van der Waals surface area contributed by atoms with Crippen LogP contribution in [0.3, 0.4) is 0 Å². The van der Waals surface area contributed by atoms with Crippen LogP contribution in [0.5, 0.6) is 5.75 Å². The van der Waals surface area contributed by atoms with Crippen LogP contribution in [0, 0.1) is 0 Å². The Morgan fingerprint density at radius 3 is 2.60 bits per heavy atom. The highest BCUT2D eigenvalue weighted by atomic mass is 19.4. The number of ether oxygens (including phenoxy) is 1. The summed E-state index contributed by atoms with van der Waals surface area (Å²) in [5, 5.41) is 2.69. The van der Waals surface area contributed by atoms with Gasteiger partial charge in [0, 0.05) is 0 Å². The van der Waals surface area contributed by atoms with Crippen molar-refractivity contribution in [3.63, 3.8) is 0 Å². The van der Waals surface area contributed by atoms with Crippen molar-refractivity contribution in [2.45, 2.75) is 19.3 Å². The molecule has 0 atom stereocenters. The van der Waals surface area contributed by atoms with Crippen molar-refractivity contribution in [1.29, 1.82) is 0 Å². The average Bonchev–Trinajstić information content (AvgIpc) is 3.01. The molecule has 0 aromatic carbocycles. The molecule has 3 rings (SSSR count). The van der Waals surface area contributed by atoms with Gasteiger partial charge in [0.2, 0.25) is 5.82 Å². The first-order chi connectivity index (χ1) is 11.8. The minimum atomic E-state index is -4.73. The average molecular weight is 360 g/mol. The second-order valence-electron chi connectivity index (χ2n) is 4.71. The lowest BCUT2D eigenvalue weighted by Gasteiger charge is -2.10. The molecule has 12 heteroatoms. The predicted octanol–water partition coefficient (Wildman–Crippen LogP) is 2.98. The van der Waals surface area contributed by atoms with Gasteiger partial charge in [-0.2, -0.15) is 22.0 Å². The molecule has 0 aliphatic rings. The maximum absolute atomic E-state index is 12.8. The lowest BCUT2D eigenvalue weighted by Crippen LogP contribution is -2.14. The first-order valence-electron chi connectivity index (χ1n) is 6.75. The van der Waals surface area contributed by atoms with E-state index in [2.05, 4.69) is 35.0 Å². The molecule has 0 aliphatic carbocycles. The van der Waals surface area contributed by atoms with E-state index in [0.29, 0.717) is 5.69 Å². The normalized spacial score (nSPS) is 11.9. The number of hydrogen-bond donors (Lipinski definition) is 2. The first-order valence-corrected chi connectivity index (χ1v) is 6.75. The summed E-state index contributed by atoms with van der Waals surface area (Å²) in [4.78, 5) is 17.0. The van der Waals surface area contributed by atoms with Crippen LogP contribution < -0.4 is 10.1 Å². The zero-order valence-electron chi connectivity index (χ0n) is 12.2. The van der Waals surface area contributed by atoms with E-state index >= 15 is 0 Å². The predicted molar refractivity (Wildman–Crippen MR) is 74.9 cm³/mol. The number of alkyl halides is 5. The minimum absolute atomic E-state index is 0.00259. The van der Waals surface area contributed by atoms with Gasteiger partial charge in [0.1, 0.15) is 11.3 Å². The van der Waals surface area contributed by atoms with E-state index in [1.54, 1.807) is 0 Å². The van der Waals surface area contributed by atoms with E-state index in [9.17, 15) is 22.0 Å². The summed E-state index contributed by atoms with van der Waals surface area (Å²) in [6, 6.07) is 2.66. The van der Waals surface area contributed by atoms with Gasteiger partial charge in [-0.25, -0.2) is 15.0 Å². The molecule has 0 radical (unpaired) electrons. The van der Waals surface area contributed by atoms with Crippen molar-refractivity contribution >= 4 is 17.0 Å². The summed E-state index contributed by atoms with van der Waals surface area (Å²) in [6.45, 7) is -2.97. The molecule has 0 saturated carbocycles. The van der Waals surface area contributed by atoms with Crippen molar-refractivity contribution in [2.75, 3.05) is 5.32 Å². The molecule has 132 valence electrons. The number of nitrogens with zero attached hydrogens (tertiary/aromatic N) is 4. The van der Waals surface area contributed by atoms with Crippen molar-refractivity contribution in [2.24, 2.45) is 0 Å². The molecule has 0 aliphatic heterocycles. The summed E-state index contributed by atoms with van der Waals surface area (Å²) >= 11 is 0. The molecular weight excluding hydrogens is 351 g/mol. The third kappa shape index (κ3) is 3.89. The van der Waals surface area contributed by atoms with Gasteiger partial charge >= 0.3 is 12.8 Å². The largest absolute Gasteiger partial charge is 0.451 e. The number of rotatable bonds is 5. The number of halogens is 5. The van der Waals surface area contributed by atoms with Crippen LogP contribution in [-0.2, 0) is 12.7 Å². The molecule has 0 bridgehead atoms. The highest BCUT2D eigenvalue weighted by Crippen LogP contribution is 2.29. The zero-order valence-corrected chi connectivity index (χ0v) is 12.2. The maximum atomic E-state index is 12.8. The van der Waals surface area contributed by atoms with Gasteiger partial charge in [-0.1, -0.05) is 0 Å². The van der Waals surface area contributed by atoms with Crippen LogP contribution in [-0.4, -0.2) is 31.5 Å². The summed E-state index contributed by atoms with van der Waals surface area (Å²) < 4.78 is 66.8. The number of imidazole rings is 1. The highest BCUT2D eigenvalue weighted by Gasteiger charge is 2.36. The number of aromatic amines is 1. The summed E-state index contributed by atoms with van der Waals surface area (Å²) in [5.74, 6) is -1.57. The Morgan fingerprint density at radius 1 is 1.16 bits per heavy atom. The third-order valence-electron chi connectivity index (χ3n) is 3.00. The molecule has 3 heterocycles. The van der Waals surface area contributed by atoms with Crippen LogP contribution >= 0.6 is 0 Å². The molecule has 7 nitrogen and oxygen atoms in total. The number of hydrogen-bond acceptors (Lipinski definition) is 6. The molecule has 2 N–H and O–H groups in total. The van der Waals surface area contributed by atoms with Gasteiger partial charge < -0.3 is 15.0 Å². The van der Waals surface area contributed by atoms with E-state index in [4.69, 9.17) is 0 Å². The third-order valence-corrected chi connectivity index (χ3v) is 3.00. The molecule has 3 aromatic heterocycles. The Morgan fingerprint density at radius 2 is 1.96 bits per heavy atom. The van der Waals surface area contributed by atoms with Crippen LogP contribution in [0.4, 0.5) is 27.8 Å². The lowest BCUT2D eigenvalue weighted by atomic mass is 10.3. The first kappa shape index (κ1) is 16.8. The Hall–Kier alpha value is -3.05. The second-order valence-corrected chi connectivity index (χ2v) is 4.71. The second kappa shape index (κ2) is 6.45. The van der Waals surface area contributed by atoms with E-state index < -0.39 is 18.6 Å². The van der Waals surface area contributed by atoms with Crippen molar-refractivity contribution in [1.82, 2.24) is 24.9 Å². The molecule has 25 heavy (non-hydrogen) atoms. The Kier molecular flexibility index (Phi) is 4.33. The van der Waals surface area contributed by atoms with Gasteiger partial charge in [-0.05, 0) is 12.1 Å². The monoisotopic (exact) mass is 360 g/mol. The van der Waals surface area contributed by atoms with Crippen LogP contribution in [0.15, 0.2) is 24.7 Å². The number of nitrogens with one attached hydrogen (secondary N) is 2. The topological polar surface area (TPSA) is 88.6 Å². The lowest BCUT2D eigenvalue weighted by molar-refractivity contribution is -0.144. The quantitative estimate of drug-likeness (QED) is 0.680. The fourth-order valence-electron chi connectivity index (χ4n) is 1.95. The molecule has 0 spiro atoms. The number of pyridine rings is 1. The SMILES string of the molecule is FC(F)Oc1ccc(CNc2nc(C(F)(F)F)nc3nc[nH]c23)nc1. The summed E-state index contributed by atoms with van der Waals surface area (Å²) in [6.07, 6.45) is -2.45. The highest BCUT2D eigenvalue weighted by molar-refractivity contribution is 5.82. The standard InChI is InChI=1S/C13H9F5N6O/c14-12(15)25-7-2-1-6(19-4-7)3-20-9-8-10(22-5-21-8)24-11(23-9)13(16,17)18/h1-2,4-5,12H,3H2,(H2,20,21,22,23,24). The van der Waals surface area contributed by atoms with E-state index in [1.165, 1.54) is 18.5 Å². The fraction of sp³-hybridized carbons (Fsp3) is 0.231. The number of fused-ring (bicyclic) bond motifs is 1. The molecule has 0 amide bonds. The van der Waals surface area contributed by atoms with Crippen molar-refractivity contribution in [3.8, 4) is 5.75 Å². The smallest absolute Gasteiger partial charge is 0.433 e. The number of H-pyrrole nitrogens is 1. The molecule has 0 saturated heterocycles. The van der Waals surface area contributed by atoms with Crippen LogP contribution in [0.2, 0.25) is 0 Å².